The van der Waals surface area contributed by atoms with Gasteiger partial charge in [-0.25, -0.2) is 4.39 Å². The summed E-state index contributed by atoms with van der Waals surface area (Å²) in [6.07, 6.45) is 0.476. The number of fused-ring (bicyclic) bond motifs is 2. The number of aromatic amines is 2. The van der Waals surface area contributed by atoms with Crippen LogP contribution in [0.4, 0.5) is 34.6 Å². The van der Waals surface area contributed by atoms with Crippen molar-refractivity contribution in [2.75, 3.05) is 28.6 Å². The highest BCUT2D eigenvalue weighted by atomic mass is 35.5. The number of phenols is 1. The maximum absolute atomic E-state index is 13.8. The van der Waals surface area contributed by atoms with Crippen molar-refractivity contribution in [2.24, 2.45) is 0 Å². The van der Waals surface area contributed by atoms with Crippen molar-refractivity contribution < 1.29 is 37.0 Å². The van der Waals surface area contributed by atoms with Crippen LogP contribution in [0.3, 0.4) is 0 Å². The third-order valence-corrected chi connectivity index (χ3v) is 8.79. The number of rotatable bonds is 6. The van der Waals surface area contributed by atoms with Gasteiger partial charge in [-0.2, -0.15) is 0 Å². The SMILES string of the molecule is O=C(Nc1cc(O)c(Cl)cc1F)c1c[nH]c2ccccc2c1=O.O=C(Nc1ccc(OC(F)(F)F)c(N2CCCCC2)c1)c1c[nH]c2ccccc2c1=O. The van der Waals surface area contributed by atoms with Crippen LogP contribution in [0.5, 0.6) is 11.5 Å². The predicted molar refractivity (Wildman–Crippen MR) is 197 cm³/mol. The summed E-state index contributed by atoms with van der Waals surface area (Å²) in [5.74, 6) is -2.97. The van der Waals surface area contributed by atoms with Crippen LogP contribution in [0.1, 0.15) is 40.0 Å². The number of piperidine rings is 1. The molecule has 5 N–H and O–H groups in total. The molecular formula is C38H30ClF4N5O6. The van der Waals surface area contributed by atoms with E-state index in [2.05, 4.69) is 25.3 Å². The average Bonchev–Trinajstić information content (AvgIpc) is 3.15. The molecule has 0 saturated carbocycles. The zero-order chi connectivity index (χ0) is 38.6. The Morgan fingerprint density at radius 1 is 0.778 bits per heavy atom. The Balaban J connectivity index is 0.000000193. The normalized spacial score (nSPS) is 12.9. The maximum atomic E-state index is 13.8. The van der Waals surface area contributed by atoms with Crippen molar-refractivity contribution in [3.05, 3.63) is 134 Å². The molecule has 7 rings (SSSR count). The molecule has 54 heavy (non-hydrogen) atoms. The molecule has 0 bridgehead atoms. The van der Waals surface area contributed by atoms with E-state index < -0.39 is 34.9 Å². The molecule has 2 amide bonds. The quantitative estimate of drug-likeness (QED) is 0.108. The van der Waals surface area contributed by atoms with E-state index in [4.69, 9.17) is 11.6 Å². The van der Waals surface area contributed by atoms with E-state index in [9.17, 15) is 41.8 Å². The Hall–Kier alpha value is -6.35. The minimum Gasteiger partial charge on any atom is -0.506 e. The van der Waals surface area contributed by atoms with Crippen LogP contribution in [-0.2, 0) is 0 Å². The molecule has 0 radical (unpaired) electrons. The third kappa shape index (κ3) is 8.47. The average molecular weight is 764 g/mol. The number of halogens is 5. The van der Waals surface area contributed by atoms with Crippen LogP contribution >= 0.6 is 11.6 Å². The smallest absolute Gasteiger partial charge is 0.506 e. The van der Waals surface area contributed by atoms with E-state index in [0.717, 1.165) is 31.4 Å². The molecule has 1 aliphatic heterocycles. The first-order valence-corrected chi connectivity index (χ1v) is 16.8. The number of nitrogens with zero attached hydrogens (tertiary/aromatic N) is 1. The number of pyridine rings is 2. The van der Waals surface area contributed by atoms with E-state index >= 15 is 0 Å². The number of anilines is 3. The number of hydrogen-bond donors (Lipinski definition) is 5. The van der Waals surface area contributed by atoms with Crippen LogP contribution in [0, 0.1) is 5.82 Å². The van der Waals surface area contributed by atoms with E-state index in [1.54, 1.807) is 48.5 Å². The number of H-pyrrole nitrogens is 2. The maximum Gasteiger partial charge on any atom is 0.573 e. The summed E-state index contributed by atoms with van der Waals surface area (Å²) in [5, 5.41) is 14.9. The monoisotopic (exact) mass is 763 g/mol. The van der Waals surface area contributed by atoms with Crippen molar-refractivity contribution in [1.82, 2.24) is 9.97 Å². The first kappa shape index (κ1) is 37.4. The van der Waals surface area contributed by atoms with Gasteiger partial charge in [0, 0.05) is 59.0 Å². The molecule has 3 heterocycles. The molecule has 0 unspecified atom stereocenters. The number of carbonyl (C=O) groups excluding carboxylic acids is 2. The van der Waals surface area contributed by atoms with Gasteiger partial charge in [-0.3, -0.25) is 19.2 Å². The number of amides is 2. The lowest BCUT2D eigenvalue weighted by Crippen LogP contribution is -2.31. The van der Waals surface area contributed by atoms with E-state index in [1.807, 2.05) is 4.90 Å². The van der Waals surface area contributed by atoms with Gasteiger partial charge in [-0.15, -0.1) is 13.2 Å². The molecule has 278 valence electrons. The minimum absolute atomic E-state index is 0.0890. The molecule has 0 aliphatic carbocycles. The molecule has 16 heteroatoms. The van der Waals surface area contributed by atoms with Crippen molar-refractivity contribution in [1.29, 1.82) is 0 Å². The predicted octanol–water partition coefficient (Wildman–Crippen LogP) is 7.95. The van der Waals surface area contributed by atoms with Crippen molar-refractivity contribution in [2.45, 2.75) is 25.6 Å². The Bertz CT molecular complexity index is 2500. The highest BCUT2D eigenvalue weighted by molar-refractivity contribution is 6.32. The molecular weight excluding hydrogens is 734 g/mol. The first-order valence-electron chi connectivity index (χ1n) is 16.5. The first-order chi connectivity index (χ1) is 25.8. The van der Waals surface area contributed by atoms with Gasteiger partial charge in [-0.05, 0) is 67.8 Å². The van der Waals surface area contributed by atoms with Crippen LogP contribution in [0.25, 0.3) is 21.8 Å². The molecule has 0 atom stereocenters. The number of carbonyl (C=O) groups is 2. The number of aromatic nitrogens is 2. The fourth-order valence-electron chi connectivity index (χ4n) is 5.88. The number of alkyl halides is 3. The van der Waals surface area contributed by atoms with Crippen molar-refractivity contribution in [3.63, 3.8) is 0 Å². The zero-order valence-electron chi connectivity index (χ0n) is 28.0. The lowest BCUT2D eigenvalue weighted by molar-refractivity contribution is -0.274. The van der Waals surface area contributed by atoms with E-state index in [1.165, 1.54) is 30.6 Å². The number of ether oxygens (including phenoxy) is 1. The highest BCUT2D eigenvalue weighted by Gasteiger charge is 2.33. The van der Waals surface area contributed by atoms with Gasteiger partial charge < -0.3 is 35.3 Å². The van der Waals surface area contributed by atoms with E-state index in [0.29, 0.717) is 34.9 Å². The van der Waals surface area contributed by atoms with Gasteiger partial charge in [0.25, 0.3) is 11.8 Å². The van der Waals surface area contributed by atoms with Gasteiger partial charge >= 0.3 is 6.36 Å². The van der Waals surface area contributed by atoms with E-state index in [-0.39, 0.29) is 44.7 Å². The third-order valence-electron chi connectivity index (χ3n) is 8.49. The molecule has 1 saturated heterocycles. The molecule has 2 aromatic heterocycles. The zero-order valence-corrected chi connectivity index (χ0v) is 28.8. The summed E-state index contributed by atoms with van der Waals surface area (Å²) < 4.78 is 56.5. The Morgan fingerprint density at radius 3 is 1.91 bits per heavy atom. The lowest BCUT2D eigenvalue weighted by atomic mass is 10.1. The fraction of sp³-hybridized carbons (Fsp3) is 0.158. The molecule has 11 nitrogen and oxygen atoms in total. The van der Waals surface area contributed by atoms with Crippen LogP contribution < -0.4 is 31.1 Å². The second kappa shape index (κ2) is 15.7. The van der Waals surface area contributed by atoms with Crippen LogP contribution in [-0.4, -0.2) is 46.3 Å². The summed E-state index contributed by atoms with van der Waals surface area (Å²) in [6.45, 7) is 1.19. The van der Waals surface area contributed by atoms with Gasteiger partial charge in [-0.1, -0.05) is 35.9 Å². The van der Waals surface area contributed by atoms with Crippen LogP contribution in [0.15, 0.2) is 101 Å². The largest absolute Gasteiger partial charge is 0.573 e. The standard InChI is InChI=1S/C22H20F3N3O3.C16H10ClFN2O3/c23-22(24,25)31-19-9-8-14(12-18(19)28-10-4-1-5-11-28)27-21(30)16-13-26-17-7-3-2-6-15(17)20(16)29;17-10-5-11(18)13(6-14(10)21)20-16(23)9-7-19-12-4-2-1-3-8(12)15(9)22/h2-3,6-9,12-13H,1,4-5,10-11H2,(H,26,29)(H,27,30);1-7,21H,(H,19,22)(H,20,23). The number of para-hydroxylation sites is 2. The Kier molecular flexibility index (Phi) is 10.9. The van der Waals surface area contributed by atoms with Gasteiger partial charge in [0.2, 0.25) is 10.9 Å². The summed E-state index contributed by atoms with van der Waals surface area (Å²) in [6, 6.07) is 19.3. The Labute approximate surface area is 308 Å². The molecule has 0 spiro atoms. The summed E-state index contributed by atoms with van der Waals surface area (Å²) in [7, 11) is 0. The molecule has 6 aromatic rings. The van der Waals surface area contributed by atoms with Gasteiger partial charge in [0.05, 0.1) is 16.4 Å². The number of benzene rings is 4. The summed E-state index contributed by atoms with van der Waals surface area (Å²) in [5.41, 5.74) is 0.274. The molecule has 4 aromatic carbocycles. The molecule has 1 fully saturated rings. The fourth-order valence-corrected chi connectivity index (χ4v) is 6.03. The number of aromatic hydroxyl groups is 1. The number of nitrogens with one attached hydrogen (secondary N) is 4. The Morgan fingerprint density at radius 2 is 1.33 bits per heavy atom. The summed E-state index contributed by atoms with van der Waals surface area (Å²) in [4.78, 5) is 57.5. The topological polar surface area (TPSA) is 157 Å². The molecule has 1 aliphatic rings. The van der Waals surface area contributed by atoms with Crippen molar-refractivity contribution >= 4 is 62.3 Å². The lowest BCUT2D eigenvalue weighted by Gasteiger charge is -2.30. The van der Waals surface area contributed by atoms with Gasteiger partial charge in [0.1, 0.15) is 22.7 Å². The second-order valence-corrected chi connectivity index (χ2v) is 12.5. The second-order valence-electron chi connectivity index (χ2n) is 12.1. The number of phenolic OH excluding ortho intramolecular Hbond substituents is 1. The van der Waals surface area contributed by atoms with Crippen LogP contribution in [0.2, 0.25) is 5.02 Å². The summed E-state index contributed by atoms with van der Waals surface area (Å²) >= 11 is 5.57. The van der Waals surface area contributed by atoms with Gasteiger partial charge in [0.15, 0.2) is 5.75 Å². The minimum atomic E-state index is -4.83. The number of hydrogen-bond acceptors (Lipinski definition) is 7. The van der Waals surface area contributed by atoms with Crippen molar-refractivity contribution in [3.8, 4) is 11.5 Å². The highest BCUT2D eigenvalue weighted by Crippen LogP contribution is 2.37.